The Balaban J connectivity index is 1.80. The lowest BCUT2D eigenvalue weighted by Gasteiger charge is -2.20. The summed E-state index contributed by atoms with van der Waals surface area (Å²) in [5.74, 6) is 2.91. The molecule has 6 heteroatoms. The van der Waals surface area contributed by atoms with Crippen LogP contribution in [-0.2, 0) is 0 Å². The Morgan fingerprint density at radius 1 is 1.05 bits per heavy atom. The van der Waals surface area contributed by atoms with E-state index in [1.807, 2.05) is 0 Å². The molecule has 2 unspecified atom stereocenters. The molecule has 2 N–H and O–H groups in total. The highest BCUT2D eigenvalue weighted by Crippen LogP contribution is 2.28. The fourth-order valence-corrected chi connectivity index (χ4v) is 3.25. The molecule has 116 valence electrons. The van der Waals surface area contributed by atoms with Crippen molar-refractivity contribution in [1.82, 2.24) is 15.0 Å². The van der Waals surface area contributed by atoms with Crippen molar-refractivity contribution in [2.45, 2.75) is 52.0 Å². The van der Waals surface area contributed by atoms with Crippen LogP contribution in [0, 0.1) is 5.92 Å². The quantitative estimate of drug-likeness (QED) is 0.868. The molecule has 6 nitrogen and oxygen atoms in total. The fraction of sp³-hybridized carbons (Fsp3) is 0.800. The first-order valence-electron chi connectivity index (χ1n) is 8.27. The zero-order chi connectivity index (χ0) is 14.7. The van der Waals surface area contributed by atoms with Gasteiger partial charge in [-0.25, -0.2) is 0 Å². The van der Waals surface area contributed by atoms with Crippen molar-refractivity contribution in [2.75, 3.05) is 35.2 Å². The second kappa shape index (κ2) is 6.45. The maximum absolute atomic E-state index is 4.65. The fourth-order valence-electron chi connectivity index (χ4n) is 3.25. The third-order valence-corrected chi connectivity index (χ3v) is 4.52. The predicted molar refractivity (Wildman–Crippen MR) is 85.9 cm³/mol. The molecule has 1 aliphatic carbocycles. The van der Waals surface area contributed by atoms with Crippen molar-refractivity contribution in [3.8, 4) is 0 Å². The van der Waals surface area contributed by atoms with Crippen LogP contribution in [0.3, 0.4) is 0 Å². The van der Waals surface area contributed by atoms with Crippen LogP contribution in [0.15, 0.2) is 0 Å². The average Bonchev–Trinajstić information content (AvgIpc) is 3.12. The van der Waals surface area contributed by atoms with Gasteiger partial charge in [0.05, 0.1) is 0 Å². The van der Waals surface area contributed by atoms with E-state index in [4.69, 9.17) is 0 Å². The first-order valence-corrected chi connectivity index (χ1v) is 8.27. The van der Waals surface area contributed by atoms with E-state index >= 15 is 0 Å². The molecule has 0 spiro atoms. The summed E-state index contributed by atoms with van der Waals surface area (Å²) in [6.45, 7) is 7.29. The minimum atomic E-state index is 0.494. The summed E-state index contributed by atoms with van der Waals surface area (Å²) < 4.78 is 0. The second-order valence-corrected chi connectivity index (χ2v) is 6.17. The Bertz CT molecular complexity index is 471. The van der Waals surface area contributed by atoms with Crippen LogP contribution in [0.1, 0.15) is 46.0 Å². The summed E-state index contributed by atoms with van der Waals surface area (Å²) in [7, 11) is 0. The number of aromatic nitrogens is 3. The standard InChI is InChI=1S/C15H26N6/c1-3-16-13-18-14(17-12-8-6-7-11(12)2)20-15(19-13)21-9-4-5-10-21/h11-12H,3-10H2,1-2H3,(H2,16,17,18,19,20). The Hall–Kier alpha value is -1.59. The van der Waals surface area contributed by atoms with Gasteiger partial charge in [0.25, 0.3) is 0 Å². The highest BCUT2D eigenvalue weighted by molar-refractivity contribution is 5.44. The van der Waals surface area contributed by atoms with E-state index in [2.05, 4.69) is 44.3 Å². The van der Waals surface area contributed by atoms with Crippen molar-refractivity contribution >= 4 is 17.8 Å². The average molecular weight is 290 g/mol. The van der Waals surface area contributed by atoms with Crippen LogP contribution >= 0.6 is 0 Å². The zero-order valence-corrected chi connectivity index (χ0v) is 13.1. The van der Waals surface area contributed by atoms with Crippen LogP contribution in [0.4, 0.5) is 17.8 Å². The summed E-state index contributed by atoms with van der Waals surface area (Å²) in [6, 6.07) is 0.494. The minimum absolute atomic E-state index is 0.494. The predicted octanol–water partition coefficient (Wildman–Crippen LogP) is 2.50. The van der Waals surface area contributed by atoms with Crippen molar-refractivity contribution in [1.29, 1.82) is 0 Å². The Morgan fingerprint density at radius 3 is 2.48 bits per heavy atom. The Labute approximate surface area is 126 Å². The van der Waals surface area contributed by atoms with E-state index in [9.17, 15) is 0 Å². The first kappa shape index (κ1) is 14.4. The van der Waals surface area contributed by atoms with Crippen molar-refractivity contribution < 1.29 is 0 Å². The van der Waals surface area contributed by atoms with Gasteiger partial charge < -0.3 is 15.5 Å². The van der Waals surface area contributed by atoms with E-state index in [0.717, 1.165) is 31.5 Å². The van der Waals surface area contributed by atoms with Crippen LogP contribution in [0.25, 0.3) is 0 Å². The Kier molecular flexibility index (Phi) is 4.41. The van der Waals surface area contributed by atoms with Crippen molar-refractivity contribution in [2.24, 2.45) is 5.92 Å². The van der Waals surface area contributed by atoms with Gasteiger partial charge in [-0.2, -0.15) is 15.0 Å². The number of anilines is 3. The molecule has 1 aliphatic heterocycles. The molecule has 0 bridgehead atoms. The van der Waals surface area contributed by atoms with Crippen LogP contribution < -0.4 is 15.5 Å². The van der Waals surface area contributed by atoms with Crippen molar-refractivity contribution in [3.05, 3.63) is 0 Å². The molecule has 0 radical (unpaired) electrons. The minimum Gasteiger partial charge on any atom is -0.354 e. The lowest BCUT2D eigenvalue weighted by molar-refractivity contribution is 0.553. The van der Waals surface area contributed by atoms with Gasteiger partial charge in [-0.1, -0.05) is 13.3 Å². The van der Waals surface area contributed by atoms with E-state index in [0.29, 0.717) is 17.9 Å². The van der Waals surface area contributed by atoms with Gasteiger partial charge in [0, 0.05) is 25.7 Å². The molecule has 2 aliphatic rings. The molecule has 1 saturated heterocycles. The van der Waals surface area contributed by atoms with Gasteiger partial charge in [-0.15, -0.1) is 0 Å². The molecule has 2 fully saturated rings. The molecule has 2 atom stereocenters. The largest absolute Gasteiger partial charge is 0.354 e. The normalized spacial score (nSPS) is 25.3. The van der Waals surface area contributed by atoms with E-state index in [1.165, 1.54) is 32.1 Å². The molecule has 1 aromatic heterocycles. The highest BCUT2D eigenvalue weighted by atomic mass is 15.3. The number of nitrogens with zero attached hydrogens (tertiary/aromatic N) is 4. The molecular weight excluding hydrogens is 264 g/mol. The third kappa shape index (κ3) is 3.36. The van der Waals surface area contributed by atoms with Crippen LogP contribution in [0.5, 0.6) is 0 Å². The van der Waals surface area contributed by atoms with E-state index in [1.54, 1.807) is 0 Å². The van der Waals surface area contributed by atoms with Crippen LogP contribution in [-0.4, -0.2) is 40.6 Å². The first-order chi connectivity index (χ1) is 10.3. The van der Waals surface area contributed by atoms with Gasteiger partial charge in [-0.05, 0) is 38.5 Å². The van der Waals surface area contributed by atoms with Crippen molar-refractivity contribution in [3.63, 3.8) is 0 Å². The van der Waals surface area contributed by atoms with Gasteiger partial charge in [0.1, 0.15) is 0 Å². The number of hydrogen-bond acceptors (Lipinski definition) is 6. The molecule has 3 rings (SSSR count). The number of rotatable bonds is 5. The second-order valence-electron chi connectivity index (χ2n) is 6.17. The topological polar surface area (TPSA) is 66.0 Å². The lowest BCUT2D eigenvalue weighted by Crippen LogP contribution is -2.26. The maximum atomic E-state index is 4.65. The highest BCUT2D eigenvalue weighted by Gasteiger charge is 2.25. The molecular formula is C15H26N6. The van der Waals surface area contributed by atoms with Crippen LogP contribution in [0.2, 0.25) is 0 Å². The summed E-state index contributed by atoms with van der Waals surface area (Å²) in [4.78, 5) is 16.0. The van der Waals surface area contributed by atoms with Gasteiger partial charge in [0.15, 0.2) is 0 Å². The smallest absolute Gasteiger partial charge is 0.231 e. The summed E-state index contributed by atoms with van der Waals surface area (Å²) in [6.07, 6.45) is 6.25. The van der Waals surface area contributed by atoms with Gasteiger partial charge in [-0.3, -0.25) is 0 Å². The summed E-state index contributed by atoms with van der Waals surface area (Å²) in [5.41, 5.74) is 0. The molecule has 0 aromatic carbocycles. The summed E-state index contributed by atoms with van der Waals surface area (Å²) in [5, 5.41) is 6.74. The zero-order valence-electron chi connectivity index (χ0n) is 13.1. The monoisotopic (exact) mass is 290 g/mol. The maximum Gasteiger partial charge on any atom is 0.231 e. The lowest BCUT2D eigenvalue weighted by atomic mass is 10.1. The summed E-state index contributed by atoms with van der Waals surface area (Å²) >= 11 is 0. The van der Waals surface area contributed by atoms with Gasteiger partial charge >= 0.3 is 0 Å². The molecule has 1 saturated carbocycles. The number of nitrogens with one attached hydrogen (secondary N) is 2. The SMILES string of the molecule is CCNc1nc(NC2CCCC2C)nc(N2CCCC2)n1. The van der Waals surface area contributed by atoms with E-state index < -0.39 is 0 Å². The number of hydrogen-bond donors (Lipinski definition) is 2. The molecule has 0 amide bonds. The molecule has 2 heterocycles. The van der Waals surface area contributed by atoms with E-state index in [-0.39, 0.29) is 0 Å². The van der Waals surface area contributed by atoms with Gasteiger partial charge in [0.2, 0.25) is 17.8 Å². The Morgan fingerprint density at radius 2 is 1.81 bits per heavy atom. The molecule has 21 heavy (non-hydrogen) atoms. The third-order valence-electron chi connectivity index (χ3n) is 4.52. The molecule has 1 aromatic rings.